The monoisotopic (exact) mass is 287 g/mol. The molecule has 0 radical (unpaired) electrons. The fourth-order valence-electron chi connectivity index (χ4n) is 2.86. The smallest absolute Gasteiger partial charge is 0.130 e. The van der Waals surface area contributed by atoms with Gasteiger partial charge in [0, 0.05) is 12.0 Å². The van der Waals surface area contributed by atoms with Crippen LogP contribution in [0.5, 0.6) is 5.75 Å². The van der Waals surface area contributed by atoms with Crippen LogP contribution in [0.1, 0.15) is 45.2 Å². The van der Waals surface area contributed by atoms with E-state index in [9.17, 15) is 0 Å². The van der Waals surface area contributed by atoms with Crippen LogP contribution in [0.2, 0.25) is 0 Å². The van der Waals surface area contributed by atoms with Crippen molar-refractivity contribution < 1.29 is 9.47 Å². The molecule has 114 valence electrons. The zero-order valence-electron chi connectivity index (χ0n) is 13.6. The average molecular weight is 287 g/mol. The Morgan fingerprint density at radius 1 is 1.33 bits per heavy atom. The minimum Gasteiger partial charge on any atom is -0.487 e. The van der Waals surface area contributed by atoms with E-state index in [0.29, 0.717) is 6.54 Å². The summed E-state index contributed by atoms with van der Waals surface area (Å²) in [5.41, 5.74) is 7.08. The SMILES string of the molecule is Cc1cc(OC2CC(C)(C)OC2(C)C)ccc1C#CCN. The normalized spacial score (nSPS) is 22.5. The van der Waals surface area contributed by atoms with Gasteiger partial charge in [0.25, 0.3) is 0 Å². The molecule has 3 nitrogen and oxygen atoms in total. The highest BCUT2D eigenvalue weighted by Crippen LogP contribution is 2.39. The van der Waals surface area contributed by atoms with Gasteiger partial charge in [-0.05, 0) is 58.4 Å². The quantitative estimate of drug-likeness (QED) is 0.850. The molecular formula is C18H25NO2. The van der Waals surface area contributed by atoms with E-state index in [-0.39, 0.29) is 17.3 Å². The third-order valence-electron chi connectivity index (χ3n) is 3.79. The molecule has 1 saturated heterocycles. The van der Waals surface area contributed by atoms with E-state index in [2.05, 4.69) is 39.5 Å². The molecule has 1 heterocycles. The third kappa shape index (κ3) is 3.78. The summed E-state index contributed by atoms with van der Waals surface area (Å²) in [6, 6.07) is 5.98. The van der Waals surface area contributed by atoms with Crippen molar-refractivity contribution in [1.82, 2.24) is 0 Å². The molecule has 1 aromatic carbocycles. The molecule has 0 bridgehead atoms. The third-order valence-corrected chi connectivity index (χ3v) is 3.79. The highest BCUT2D eigenvalue weighted by Gasteiger charge is 2.47. The van der Waals surface area contributed by atoms with Crippen molar-refractivity contribution in [3.05, 3.63) is 29.3 Å². The lowest BCUT2D eigenvalue weighted by Gasteiger charge is -2.27. The molecule has 1 aliphatic rings. The first-order valence-electron chi connectivity index (χ1n) is 7.40. The van der Waals surface area contributed by atoms with Crippen LogP contribution >= 0.6 is 0 Å². The summed E-state index contributed by atoms with van der Waals surface area (Å²) in [4.78, 5) is 0. The molecule has 3 heteroatoms. The Labute approximate surface area is 127 Å². The van der Waals surface area contributed by atoms with Crippen LogP contribution < -0.4 is 10.5 Å². The lowest BCUT2D eigenvalue weighted by Crippen LogP contribution is -2.36. The molecule has 21 heavy (non-hydrogen) atoms. The average Bonchev–Trinajstić information content (AvgIpc) is 2.56. The summed E-state index contributed by atoms with van der Waals surface area (Å²) in [6.07, 6.45) is 0.932. The number of hydrogen-bond acceptors (Lipinski definition) is 3. The van der Waals surface area contributed by atoms with Gasteiger partial charge in [0.05, 0.1) is 12.1 Å². The number of nitrogens with two attached hydrogens (primary N) is 1. The molecule has 2 rings (SSSR count). The number of benzene rings is 1. The Bertz CT molecular complexity index is 579. The number of hydrogen-bond donors (Lipinski definition) is 1. The largest absolute Gasteiger partial charge is 0.487 e. The maximum absolute atomic E-state index is 6.17. The van der Waals surface area contributed by atoms with E-state index in [1.54, 1.807) is 0 Å². The van der Waals surface area contributed by atoms with Crippen LogP contribution in [0.25, 0.3) is 0 Å². The molecule has 0 spiro atoms. The van der Waals surface area contributed by atoms with Crippen molar-refractivity contribution in [2.24, 2.45) is 5.73 Å². The summed E-state index contributed by atoms with van der Waals surface area (Å²) in [7, 11) is 0. The van der Waals surface area contributed by atoms with E-state index in [1.807, 2.05) is 25.1 Å². The van der Waals surface area contributed by atoms with Crippen LogP contribution in [0.3, 0.4) is 0 Å². The van der Waals surface area contributed by atoms with E-state index in [4.69, 9.17) is 15.2 Å². The van der Waals surface area contributed by atoms with Gasteiger partial charge in [-0.15, -0.1) is 0 Å². The van der Waals surface area contributed by atoms with Crippen LogP contribution in [0.15, 0.2) is 18.2 Å². The Morgan fingerprint density at radius 3 is 2.57 bits per heavy atom. The van der Waals surface area contributed by atoms with Gasteiger partial charge in [0.1, 0.15) is 17.5 Å². The number of rotatable bonds is 2. The zero-order valence-corrected chi connectivity index (χ0v) is 13.6. The summed E-state index contributed by atoms with van der Waals surface area (Å²) in [5, 5.41) is 0. The lowest BCUT2D eigenvalue weighted by molar-refractivity contribution is -0.0846. The second-order valence-electron chi connectivity index (χ2n) is 6.76. The van der Waals surface area contributed by atoms with Crippen LogP contribution in [0, 0.1) is 18.8 Å². The van der Waals surface area contributed by atoms with Gasteiger partial charge in [0.2, 0.25) is 0 Å². The Kier molecular flexibility index (Phi) is 4.32. The fourth-order valence-corrected chi connectivity index (χ4v) is 2.86. The van der Waals surface area contributed by atoms with Crippen molar-refractivity contribution in [3.63, 3.8) is 0 Å². The molecule has 1 aromatic rings. The van der Waals surface area contributed by atoms with Crippen molar-refractivity contribution >= 4 is 0 Å². The van der Waals surface area contributed by atoms with Crippen LogP contribution in [-0.2, 0) is 4.74 Å². The standard InChI is InChI=1S/C18H25NO2/c1-13-11-15(9-8-14(13)7-6-10-19)20-16-12-17(2,3)21-18(16,4)5/h8-9,11,16H,10,12,19H2,1-5H3. The number of aryl methyl sites for hydroxylation is 1. The maximum Gasteiger partial charge on any atom is 0.130 e. The molecule has 1 fully saturated rings. The van der Waals surface area contributed by atoms with Crippen molar-refractivity contribution in [2.75, 3.05) is 6.54 Å². The highest BCUT2D eigenvalue weighted by molar-refractivity contribution is 5.45. The van der Waals surface area contributed by atoms with E-state index in [0.717, 1.165) is 23.3 Å². The molecule has 0 amide bonds. The Morgan fingerprint density at radius 2 is 2.05 bits per heavy atom. The van der Waals surface area contributed by atoms with Crippen molar-refractivity contribution in [3.8, 4) is 17.6 Å². The molecule has 0 aliphatic carbocycles. The van der Waals surface area contributed by atoms with Gasteiger partial charge in [-0.25, -0.2) is 0 Å². The molecule has 2 N–H and O–H groups in total. The predicted molar refractivity (Wildman–Crippen MR) is 85.4 cm³/mol. The van der Waals surface area contributed by atoms with Crippen molar-refractivity contribution in [2.45, 2.75) is 58.3 Å². The first-order chi connectivity index (χ1) is 9.73. The number of ether oxygens (including phenoxy) is 2. The first-order valence-corrected chi connectivity index (χ1v) is 7.40. The predicted octanol–water partition coefficient (Wildman–Crippen LogP) is 3.03. The summed E-state index contributed by atoms with van der Waals surface area (Å²) >= 11 is 0. The molecular weight excluding hydrogens is 262 g/mol. The second kappa shape index (κ2) is 5.71. The first kappa shape index (κ1) is 15.9. The molecule has 0 aromatic heterocycles. The van der Waals surface area contributed by atoms with E-state index < -0.39 is 0 Å². The summed E-state index contributed by atoms with van der Waals surface area (Å²) in [6.45, 7) is 10.8. The molecule has 1 atom stereocenters. The molecule has 1 unspecified atom stereocenters. The highest BCUT2D eigenvalue weighted by atomic mass is 16.6. The van der Waals surface area contributed by atoms with Crippen molar-refractivity contribution in [1.29, 1.82) is 0 Å². The lowest BCUT2D eigenvalue weighted by atomic mass is 9.97. The molecule has 1 aliphatic heterocycles. The topological polar surface area (TPSA) is 44.5 Å². The van der Waals surface area contributed by atoms with Gasteiger partial charge < -0.3 is 15.2 Å². The second-order valence-corrected chi connectivity index (χ2v) is 6.76. The molecule has 0 saturated carbocycles. The maximum atomic E-state index is 6.17. The van der Waals surface area contributed by atoms with Gasteiger partial charge in [0.15, 0.2) is 0 Å². The summed E-state index contributed by atoms with van der Waals surface area (Å²) < 4.78 is 12.2. The van der Waals surface area contributed by atoms with Gasteiger partial charge in [-0.3, -0.25) is 0 Å². The zero-order chi connectivity index (χ0) is 15.7. The van der Waals surface area contributed by atoms with Crippen LogP contribution in [-0.4, -0.2) is 23.9 Å². The Balaban J connectivity index is 2.16. The van der Waals surface area contributed by atoms with E-state index >= 15 is 0 Å². The van der Waals surface area contributed by atoms with Crippen LogP contribution in [0.4, 0.5) is 0 Å². The summed E-state index contributed by atoms with van der Waals surface area (Å²) in [5.74, 6) is 6.81. The van der Waals surface area contributed by atoms with Gasteiger partial charge >= 0.3 is 0 Å². The van der Waals surface area contributed by atoms with Gasteiger partial charge in [-0.1, -0.05) is 11.8 Å². The fraction of sp³-hybridized carbons (Fsp3) is 0.556. The minimum atomic E-state index is -0.282. The minimum absolute atomic E-state index is 0.0490. The van der Waals surface area contributed by atoms with Gasteiger partial charge in [-0.2, -0.15) is 0 Å². The Hall–Kier alpha value is -1.50. The van der Waals surface area contributed by atoms with E-state index in [1.165, 1.54) is 0 Å².